The van der Waals surface area contributed by atoms with Crippen LogP contribution in [0.1, 0.15) is 84.0 Å². The van der Waals surface area contributed by atoms with Crippen LogP contribution < -0.4 is 0 Å². The molecule has 24 heavy (non-hydrogen) atoms. The third-order valence-electron chi connectivity index (χ3n) is 10.0. The molecule has 0 amide bonds. The summed E-state index contributed by atoms with van der Waals surface area (Å²) < 4.78 is 0. The minimum Gasteiger partial charge on any atom is -0.393 e. The van der Waals surface area contributed by atoms with E-state index in [-0.39, 0.29) is 6.10 Å². The molecule has 0 saturated heterocycles. The molecule has 8 atom stereocenters. The Hall–Kier alpha value is -0.300. The smallest absolute Gasteiger partial charge is 0.0543 e. The van der Waals surface area contributed by atoms with Gasteiger partial charge in [0.25, 0.3) is 0 Å². The second-order valence-electron chi connectivity index (χ2n) is 10.6. The predicted octanol–water partition coefficient (Wildman–Crippen LogP) is 5.73. The summed E-state index contributed by atoms with van der Waals surface area (Å²) in [6.07, 6.45) is 16.5. The van der Waals surface area contributed by atoms with Gasteiger partial charge in [-0.05, 0) is 117 Å². The van der Waals surface area contributed by atoms with Crippen molar-refractivity contribution in [3.8, 4) is 0 Å². The Morgan fingerprint density at radius 3 is 2.62 bits per heavy atom. The van der Waals surface area contributed by atoms with E-state index in [1.165, 1.54) is 64.2 Å². The second-order valence-corrected chi connectivity index (χ2v) is 10.6. The van der Waals surface area contributed by atoms with Crippen molar-refractivity contribution in [2.24, 2.45) is 40.4 Å². The average molecular weight is 329 g/mol. The molecule has 0 aromatic carbocycles. The van der Waals surface area contributed by atoms with E-state index in [2.05, 4.69) is 13.5 Å². The van der Waals surface area contributed by atoms with E-state index < -0.39 is 0 Å². The van der Waals surface area contributed by atoms with Gasteiger partial charge in [0.15, 0.2) is 0 Å². The first-order valence-corrected chi connectivity index (χ1v) is 10.9. The standard InChI is InChI=1S/C23H36O/c1-15-7-11-23-12-9-20-19(21(23)6-4-17(23)13-15)5-3-16-14-18(24)8-10-22(16,20)2/h16-21,24H,1,3-14H2,2H3/t16-,17+,18+,19+,20-,21-,22-,23?/m0/s1. The molecule has 1 spiro atoms. The molecule has 5 aliphatic carbocycles. The van der Waals surface area contributed by atoms with E-state index in [1.54, 1.807) is 5.57 Å². The maximum atomic E-state index is 10.2. The first-order valence-electron chi connectivity index (χ1n) is 10.9. The number of aliphatic hydroxyl groups is 1. The topological polar surface area (TPSA) is 20.2 Å². The molecule has 1 heteroatoms. The molecular formula is C23H36O. The van der Waals surface area contributed by atoms with Gasteiger partial charge in [0.05, 0.1) is 6.10 Å². The monoisotopic (exact) mass is 328 g/mol. The van der Waals surface area contributed by atoms with E-state index in [9.17, 15) is 5.11 Å². The lowest BCUT2D eigenvalue weighted by atomic mass is 9.43. The van der Waals surface area contributed by atoms with Crippen molar-refractivity contribution in [2.45, 2.75) is 90.1 Å². The van der Waals surface area contributed by atoms with Gasteiger partial charge in [0.2, 0.25) is 0 Å². The fourth-order valence-corrected chi connectivity index (χ4v) is 8.83. The Labute approximate surface area is 148 Å². The number of rotatable bonds is 0. The van der Waals surface area contributed by atoms with Gasteiger partial charge in [-0.1, -0.05) is 19.1 Å². The normalized spacial score (nSPS) is 56.8. The molecule has 1 unspecified atom stereocenters. The zero-order chi connectivity index (χ0) is 16.5. The molecule has 1 nitrogen and oxygen atoms in total. The van der Waals surface area contributed by atoms with Crippen LogP contribution in [-0.4, -0.2) is 11.2 Å². The third kappa shape index (κ3) is 2.03. The van der Waals surface area contributed by atoms with Crippen LogP contribution in [-0.2, 0) is 0 Å². The maximum Gasteiger partial charge on any atom is 0.0543 e. The van der Waals surface area contributed by atoms with Crippen LogP contribution in [0.2, 0.25) is 0 Å². The average Bonchev–Trinajstić information content (AvgIpc) is 2.94. The SMILES string of the molecule is C=C1CCC23CC[C@H]4[C@@H](CC[C@H]5C[C@H](O)CC[C@@]54C)[C@@H]2CC[C@@H]3C1. The lowest BCUT2D eigenvalue weighted by Gasteiger charge is -2.62. The van der Waals surface area contributed by atoms with Crippen molar-refractivity contribution in [1.29, 1.82) is 0 Å². The molecule has 0 aromatic heterocycles. The Morgan fingerprint density at radius 2 is 1.75 bits per heavy atom. The molecule has 0 aliphatic heterocycles. The summed E-state index contributed by atoms with van der Waals surface area (Å²) in [5.74, 6) is 4.78. The Kier molecular flexibility index (Phi) is 3.55. The highest BCUT2D eigenvalue weighted by Crippen LogP contribution is 2.70. The van der Waals surface area contributed by atoms with Gasteiger partial charge in [0, 0.05) is 0 Å². The van der Waals surface area contributed by atoms with Crippen molar-refractivity contribution < 1.29 is 5.11 Å². The fraction of sp³-hybridized carbons (Fsp3) is 0.913. The van der Waals surface area contributed by atoms with Crippen molar-refractivity contribution in [3.05, 3.63) is 12.2 Å². The summed E-state index contributed by atoms with van der Waals surface area (Å²) in [6, 6.07) is 0. The molecular weight excluding hydrogens is 292 g/mol. The van der Waals surface area contributed by atoms with Crippen molar-refractivity contribution in [3.63, 3.8) is 0 Å². The number of fused-ring (bicyclic) bond motifs is 4. The summed E-state index contributed by atoms with van der Waals surface area (Å²) in [4.78, 5) is 0. The van der Waals surface area contributed by atoms with Crippen LogP contribution in [0.15, 0.2) is 12.2 Å². The lowest BCUT2D eigenvalue weighted by molar-refractivity contribution is -0.134. The van der Waals surface area contributed by atoms with Gasteiger partial charge in [-0.3, -0.25) is 0 Å². The molecule has 5 saturated carbocycles. The summed E-state index contributed by atoms with van der Waals surface area (Å²) >= 11 is 0. The molecule has 0 aromatic rings. The van der Waals surface area contributed by atoms with Crippen LogP contribution in [0.25, 0.3) is 0 Å². The number of hydrogen-bond donors (Lipinski definition) is 1. The van der Waals surface area contributed by atoms with Crippen molar-refractivity contribution in [2.75, 3.05) is 0 Å². The zero-order valence-electron chi connectivity index (χ0n) is 15.6. The van der Waals surface area contributed by atoms with E-state index in [0.717, 1.165) is 42.4 Å². The summed E-state index contributed by atoms with van der Waals surface area (Å²) in [6.45, 7) is 6.96. The summed E-state index contributed by atoms with van der Waals surface area (Å²) in [7, 11) is 0. The molecule has 134 valence electrons. The second kappa shape index (κ2) is 5.35. The fourth-order valence-electron chi connectivity index (χ4n) is 8.83. The van der Waals surface area contributed by atoms with E-state index >= 15 is 0 Å². The Bertz CT molecular complexity index is 538. The number of hydrogen-bond acceptors (Lipinski definition) is 1. The zero-order valence-corrected chi connectivity index (χ0v) is 15.6. The van der Waals surface area contributed by atoms with Gasteiger partial charge in [-0.15, -0.1) is 0 Å². The maximum absolute atomic E-state index is 10.2. The van der Waals surface area contributed by atoms with Crippen molar-refractivity contribution in [1.82, 2.24) is 0 Å². The molecule has 5 rings (SSSR count). The predicted molar refractivity (Wildman–Crippen MR) is 98.5 cm³/mol. The lowest BCUT2D eigenvalue weighted by Crippen LogP contribution is -2.54. The highest BCUT2D eigenvalue weighted by molar-refractivity contribution is 5.16. The van der Waals surface area contributed by atoms with Gasteiger partial charge < -0.3 is 5.11 Å². The van der Waals surface area contributed by atoms with Crippen molar-refractivity contribution >= 4 is 0 Å². The minimum atomic E-state index is -0.00484. The highest BCUT2D eigenvalue weighted by atomic mass is 16.3. The largest absolute Gasteiger partial charge is 0.393 e. The molecule has 0 radical (unpaired) electrons. The molecule has 0 bridgehead atoms. The van der Waals surface area contributed by atoms with Crippen LogP contribution in [0.5, 0.6) is 0 Å². The number of aliphatic hydroxyl groups excluding tert-OH is 1. The molecule has 0 heterocycles. The number of allylic oxidation sites excluding steroid dienone is 1. The van der Waals surface area contributed by atoms with Crippen LogP contribution in [0, 0.1) is 40.4 Å². The molecule has 5 fully saturated rings. The van der Waals surface area contributed by atoms with Gasteiger partial charge in [-0.2, -0.15) is 0 Å². The van der Waals surface area contributed by atoms with Crippen LogP contribution in [0.4, 0.5) is 0 Å². The van der Waals surface area contributed by atoms with E-state index in [4.69, 9.17) is 0 Å². The van der Waals surface area contributed by atoms with Gasteiger partial charge >= 0.3 is 0 Å². The minimum absolute atomic E-state index is 0.00484. The van der Waals surface area contributed by atoms with Gasteiger partial charge in [0.1, 0.15) is 0 Å². The summed E-state index contributed by atoms with van der Waals surface area (Å²) in [5, 5.41) is 10.2. The van der Waals surface area contributed by atoms with Crippen LogP contribution >= 0.6 is 0 Å². The summed E-state index contributed by atoms with van der Waals surface area (Å²) in [5.41, 5.74) is 2.80. The molecule has 1 N–H and O–H groups in total. The molecule has 5 aliphatic rings. The van der Waals surface area contributed by atoms with Gasteiger partial charge in [-0.25, -0.2) is 0 Å². The first-order chi connectivity index (χ1) is 11.5. The Morgan fingerprint density at radius 1 is 0.917 bits per heavy atom. The van der Waals surface area contributed by atoms with E-state index in [1.807, 2.05) is 0 Å². The Balaban J connectivity index is 1.44. The quantitative estimate of drug-likeness (QED) is 0.563. The van der Waals surface area contributed by atoms with E-state index in [0.29, 0.717) is 10.8 Å². The van der Waals surface area contributed by atoms with Crippen LogP contribution in [0.3, 0.4) is 0 Å². The first kappa shape index (κ1) is 15.9. The third-order valence-corrected chi connectivity index (χ3v) is 10.0. The highest BCUT2D eigenvalue weighted by Gasteiger charge is 2.61.